The van der Waals surface area contributed by atoms with Gasteiger partial charge in [0.05, 0.1) is 7.11 Å². The van der Waals surface area contributed by atoms with E-state index < -0.39 is 6.04 Å². The highest BCUT2D eigenvalue weighted by Gasteiger charge is 2.55. The summed E-state index contributed by atoms with van der Waals surface area (Å²) in [5.74, 6) is 2.65. The average Bonchev–Trinajstić information content (AvgIpc) is 2.69. The first-order chi connectivity index (χ1) is 13.9. The van der Waals surface area contributed by atoms with Crippen LogP contribution in [0.25, 0.3) is 0 Å². The standard InChI is InChI=1S/C23H33N3O3/c1-14(2)20(21(27)25-13-15-4-5-24-19(9-15)29-3)26-22(28)23-10-16-6-17(11-23)8-18(7-16)12-23/h4-5,9,14,16-18,20H,6-8,10-13H2,1-3H3,(H,25,27)(H,26,28). The van der Waals surface area contributed by atoms with E-state index in [0.717, 1.165) is 24.8 Å². The fraction of sp³-hybridized carbons (Fsp3) is 0.696. The molecule has 4 bridgehead atoms. The summed E-state index contributed by atoms with van der Waals surface area (Å²) in [6, 6.07) is 3.14. The van der Waals surface area contributed by atoms with Crippen molar-refractivity contribution < 1.29 is 14.3 Å². The molecule has 1 aromatic heterocycles. The number of carbonyl (C=O) groups excluding carboxylic acids is 2. The summed E-state index contributed by atoms with van der Waals surface area (Å²) in [6.45, 7) is 4.35. The highest BCUT2D eigenvalue weighted by Crippen LogP contribution is 2.60. The Hall–Kier alpha value is -2.11. The van der Waals surface area contributed by atoms with Crippen LogP contribution >= 0.6 is 0 Å². The molecule has 0 radical (unpaired) electrons. The van der Waals surface area contributed by atoms with Crippen LogP contribution in [0.1, 0.15) is 57.9 Å². The molecule has 4 aliphatic carbocycles. The quantitative estimate of drug-likeness (QED) is 0.738. The smallest absolute Gasteiger partial charge is 0.243 e. The number of aromatic nitrogens is 1. The second-order valence-electron chi connectivity index (χ2n) is 9.82. The van der Waals surface area contributed by atoms with Gasteiger partial charge < -0.3 is 15.4 Å². The lowest BCUT2D eigenvalue weighted by Gasteiger charge is -2.55. The van der Waals surface area contributed by atoms with E-state index in [9.17, 15) is 9.59 Å². The number of methoxy groups -OCH3 is 1. The van der Waals surface area contributed by atoms with Crippen molar-refractivity contribution in [3.63, 3.8) is 0 Å². The van der Waals surface area contributed by atoms with E-state index in [1.165, 1.54) is 19.3 Å². The van der Waals surface area contributed by atoms with Crippen molar-refractivity contribution in [3.8, 4) is 5.88 Å². The van der Waals surface area contributed by atoms with Gasteiger partial charge in [-0.05, 0) is 73.8 Å². The third kappa shape index (κ3) is 4.12. The Bertz CT molecular complexity index is 741. The van der Waals surface area contributed by atoms with E-state index >= 15 is 0 Å². The predicted octanol–water partition coefficient (Wildman–Crippen LogP) is 3.06. The van der Waals surface area contributed by atoms with Gasteiger partial charge in [-0.15, -0.1) is 0 Å². The molecule has 1 atom stereocenters. The van der Waals surface area contributed by atoms with Crippen molar-refractivity contribution in [2.75, 3.05) is 7.11 Å². The van der Waals surface area contributed by atoms with Crippen LogP contribution in [0, 0.1) is 29.1 Å². The first kappa shape index (κ1) is 20.2. The maximum absolute atomic E-state index is 13.4. The summed E-state index contributed by atoms with van der Waals surface area (Å²) in [6.07, 6.45) is 8.59. The van der Waals surface area contributed by atoms with E-state index in [1.807, 2.05) is 19.9 Å². The molecule has 0 aliphatic heterocycles. The molecule has 29 heavy (non-hydrogen) atoms. The summed E-state index contributed by atoms with van der Waals surface area (Å²) in [5.41, 5.74) is 0.681. The molecule has 0 saturated heterocycles. The van der Waals surface area contributed by atoms with Crippen molar-refractivity contribution in [2.24, 2.45) is 29.1 Å². The third-order valence-electron chi connectivity index (χ3n) is 7.23. The molecule has 4 fully saturated rings. The Balaban J connectivity index is 1.39. The van der Waals surface area contributed by atoms with Crippen molar-refractivity contribution in [2.45, 2.75) is 65.0 Å². The van der Waals surface area contributed by atoms with Gasteiger partial charge in [0.1, 0.15) is 6.04 Å². The molecule has 0 spiro atoms. The van der Waals surface area contributed by atoms with Gasteiger partial charge in [0.2, 0.25) is 17.7 Å². The normalized spacial score (nSPS) is 30.8. The average molecular weight is 400 g/mol. The van der Waals surface area contributed by atoms with Gasteiger partial charge >= 0.3 is 0 Å². The van der Waals surface area contributed by atoms with Crippen molar-refractivity contribution in [3.05, 3.63) is 23.9 Å². The van der Waals surface area contributed by atoms with E-state index in [0.29, 0.717) is 30.2 Å². The van der Waals surface area contributed by atoms with Crippen molar-refractivity contribution >= 4 is 11.8 Å². The fourth-order valence-corrected chi connectivity index (χ4v) is 6.19. The molecule has 1 unspecified atom stereocenters. The van der Waals surface area contributed by atoms with Gasteiger partial charge in [0.25, 0.3) is 0 Å². The van der Waals surface area contributed by atoms with E-state index in [-0.39, 0.29) is 23.1 Å². The topological polar surface area (TPSA) is 80.3 Å². The molecule has 6 heteroatoms. The van der Waals surface area contributed by atoms with Gasteiger partial charge in [-0.2, -0.15) is 0 Å². The monoisotopic (exact) mass is 399 g/mol. The number of nitrogens with zero attached hydrogens (tertiary/aromatic N) is 1. The molecule has 6 nitrogen and oxygen atoms in total. The maximum atomic E-state index is 13.4. The number of pyridine rings is 1. The van der Waals surface area contributed by atoms with Crippen LogP contribution < -0.4 is 15.4 Å². The maximum Gasteiger partial charge on any atom is 0.243 e. The van der Waals surface area contributed by atoms with Crippen LogP contribution in [-0.2, 0) is 16.1 Å². The van der Waals surface area contributed by atoms with E-state index in [1.54, 1.807) is 19.4 Å². The zero-order valence-electron chi connectivity index (χ0n) is 17.7. The van der Waals surface area contributed by atoms with Crippen LogP contribution in [0.4, 0.5) is 0 Å². The number of carbonyl (C=O) groups is 2. The highest BCUT2D eigenvalue weighted by molar-refractivity contribution is 5.90. The number of ether oxygens (including phenoxy) is 1. The predicted molar refractivity (Wildman–Crippen MR) is 110 cm³/mol. The number of amides is 2. The fourth-order valence-electron chi connectivity index (χ4n) is 6.19. The SMILES string of the molecule is COc1cc(CNC(=O)C(NC(=O)C23CC4CC(CC(C4)C2)C3)C(C)C)ccn1. The van der Waals surface area contributed by atoms with Gasteiger partial charge in [-0.1, -0.05) is 13.8 Å². The van der Waals surface area contributed by atoms with Gasteiger partial charge in [-0.3, -0.25) is 9.59 Å². The zero-order chi connectivity index (χ0) is 20.6. The summed E-state index contributed by atoms with van der Waals surface area (Å²) in [5, 5.41) is 6.12. The van der Waals surface area contributed by atoms with E-state index in [2.05, 4.69) is 15.6 Å². The molecule has 4 saturated carbocycles. The Labute approximate surface area is 173 Å². The van der Waals surface area contributed by atoms with Crippen LogP contribution in [0.15, 0.2) is 18.3 Å². The van der Waals surface area contributed by atoms with Gasteiger partial charge in [0, 0.05) is 24.2 Å². The Morgan fingerprint density at radius 2 is 1.79 bits per heavy atom. The lowest BCUT2D eigenvalue weighted by molar-refractivity contribution is -0.149. The molecule has 2 amide bonds. The zero-order valence-corrected chi connectivity index (χ0v) is 17.7. The van der Waals surface area contributed by atoms with Crippen LogP contribution in [0.2, 0.25) is 0 Å². The molecule has 5 rings (SSSR count). The Morgan fingerprint density at radius 3 is 2.34 bits per heavy atom. The highest BCUT2D eigenvalue weighted by atomic mass is 16.5. The lowest BCUT2D eigenvalue weighted by atomic mass is 9.49. The molecule has 2 N–H and O–H groups in total. The van der Waals surface area contributed by atoms with Gasteiger partial charge in [-0.25, -0.2) is 4.98 Å². The Kier molecular flexibility index (Phi) is 5.54. The lowest BCUT2D eigenvalue weighted by Crippen LogP contribution is -2.58. The van der Waals surface area contributed by atoms with Crippen LogP contribution in [0.5, 0.6) is 5.88 Å². The Morgan fingerprint density at radius 1 is 1.17 bits per heavy atom. The number of nitrogens with one attached hydrogen (secondary N) is 2. The number of hydrogen-bond donors (Lipinski definition) is 2. The summed E-state index contributed by atoms with van der Waals surface area (Å²) < 4.78 is 5.14. The first-order valence-electron chi connectivity index (χ1n) is 11.0. The molecule has 158 valence electrons. The number of rotatable bonds is 7. The molecular weight excluding hydrogens is 366 g/mol. The summed E-state index contributed by atoms with van der Waals surface area (Å²) in [4.78, 5) is 30.3. The second-order valence-corrected chi connectivity index (χ2v) is 9.82. The van der Waals surface area contributed by atoms with Crippen LogP contribution in [-0.4, -0.2) is 29.9 Å². The van der Waals surface area contributed by atoms with Crippen molar-refractivity contribution in [1.82, 2.24) is 15.6 Å². The van der Waals surface area contributed by atoms with Crippen molar-refractivity contribution in [1.29, 1.82) is 0 Å². The molecule has 0 aromatic carbocycles. The first-order valence-corrected chi connectivity index (χ1v) is 11.0. The minimum absolute atomic E-state index is 0.0276. The largest absolute Gasteiger partial charge is 0.481 e. The van der Waals surface area contributed by atoms with Gasteiger partial charge in [0.15, 0.2) is 0 Å². The minimum Gasteiger partial charge on any atom is -0.481 e. The minimum atomic E-state index is -0.515. The van der Waals surface area contributed by atoms with E-state index in [4.69, 9.17) is 4.74 Å². The van der Waals surface area contributed by atoms with Crippen LogP contribution in [0.3, 0.4) is 0 Å². The molecule has 4 aliphatic rings. The molecule has 1 heterocycles. The molecule has 1 aromatic rings. The summed E-state index contributed by atoms with van der Waals surface area (Å²) in [7, 11) is 1.57. The second kappa shape index (κ2) is 7.96. The third-order valence-corrected chi connectivity index (χ3v) is 7.23. The number of hydrogen-bond acceptors (Lipinski definition) is 4. The molecular formula is C23H33N3O3. The summed E-state index contributed by atoms with van der Waals surface area (Å²) >= 11 is 0.